The molecule has 0 aromatic rings. The molecule has 3 nitrogen and oxygen atoms in total. The van der Waals surface area contributed by atoms with Crippen LogP contribution in [-0.4, -0.2) is 36.1 Å². The maximum absolute atomic E-state index is 11.2. The molecule has 3 heteroatoms. The van der Waals surface area contributed by atoms with Crippen molar-refractivity contribution in [3.63, 3.8) is 0 Å². The van der Waals surface area contributed by atoms with Crippen molar-refractivity contribution >= 4 is 5.91 Å². The highest BCUT2D eigenvalue weighted by Gasteiger charge is 2.28. The van der Waals surface area contributed by atoms with Crippen LogP contribution in [0.25, 0.3) is 0 Å². The Hall–Kier alpha value is -0.570. The van der Waals surface area contributed by atoms with Crippen LogP contribution >= 0.6 is 0 Å². The van der Waals surface area contributed by atoms with Crippen LogP contribution in [0.3, 0.4) is 0 Å². The van der Waals surface area contributed by atoms with Gasteiger partial charge in [-0.05, 0) is 20.8 Å². The molecule has 0 atom stereocenters. The van der Waals surface area contributed by atoms with Crippen LogP contribution in [0.2, 0.25) is 0 Å². The first-order chi connectivity index (χ1) is 5.02. The third-order valence-electron chi connectivity index (χ3n) is 1.80. The predicted octanol–water partition coefficient (Wildman–Crippen LogP) is 0.644. The highest BCUT2D eigenvalue weighted by atomic mass is 16.5. The third kappa shape index (κ3) is 1.93. The normalized spacial score (nSPS) is 20.6. The van der Waals surface area contributed by atoms with E-state index in [2.05, 4.69) is 0 Å². The van der Waals surface area contributed by atoms with Crippen LogP contribution in [-0.2, 0) is 9.53 Å². The average molecular weight is 157 g/mol. The van der Waals surface area contributed by atoms with E-state index in [4.69, 9.17) is 4.74 Å². The predicted molar refractivity (Wildman–Crippen MR) is 42.3 cm³/mol. The Morgan fingerprint density at radius 3 is 2.45 bits per heavy atom. The first-order valence-electron chi connectivity index (χ1n) is 3.90. The highest BCUT2D eigenvalue weighted by Crippen LogP contribution is 2.15. The molecular weight excluding hydrogens is 142 g/mol. The molecule has 0 radical (unpaired) electrons. The summed E-state index contributed by atoms with van der Waals surface area (Å²) in [7, 11) is 0. The van der Waals surface area contributed by atoms with E-state index in [0.29, 0.717) is 6.61 Å². The summed E-state index contributed by atoms with van der Waals surface area (Å²) in [6.45, 7) is 7.76. The standard InChI is InChI=1S/C8H15NO2/c1-8(2,3)9-4-5-11-6-7(9)10/h4-6H2,1-3H3. The summed E-state index contributed by atoms with van der Waals surface area (Å²) in [5.41, 5.74) is -0.0547. The lowest BCUT2D eigenvalue weighted by atomic mass is 10.1. The molecule has 1 heterocycles. The van der Waals surface area contributed by atoms with Crippen molar-refractivity contribution in [3.05, 3.63) is 0 Å². The molecule has 0 aromatic heterocycles. The van der Waals surface area contributed by atoms with E-state index in [-0.39, 0.29) is 18.1 Å². The van der Waals surface area contributed by atoms with Crippen LogP contribution in [0.1, 0.15) is 20.8 Å². The fraction of sp³-hybridized carbons (Fsp3) is 0.875. The molecule has 1 saturated heterocycles. The molecule has 0 N–H and O–H groups in total. The van der Waals surface area contributed by atoms with Gasteiger partial charge in [0.1, 0.15) is 6.61 Å². The summed E-state index contributed by atoms with van der Waals surface area (Å²) >= 11 is 0. The number of rotatable bonds is 0. The highest BCUT2D eigenvalue weighted by molar-refractivity contribution is 5.78. The van der Waals surface area contributed by atoms with Crippen molar-refractivity contribution in [1.29, 1.82) is 0 Å². The Kier molecular flexibility index (Phi) is 2.18. The number of carbonyl (C=O) groups excluding carboxylic acids is 1. The van der Waals surface area contributed by atoms with E-state index in [1.165, 1.54) is 0 Å². The smallest absolute Gasteiger partial charge is 0.249 e. The van der Waals surface area contributed by atoms with E-state index in [9.17, 15) is 4.79 Å². The second kappa shape index (κ2) is 2.81. The second-order valence-corrected chi connectivity index (χ2v) is 3.77. The van der Waals surface area contributed by atoms with Gasteiger partial charge in [0.2, 0.25) is 5.91 Å². The van der Waals surface area contributed by atoms with Crippen molar-refractivity contribution in [2.24, 2.45) is 0 Å². The van der Waals surface area contributed by atoms with E-state index < -0.39 is 0 Å². The molecule has 0 spiro atoms. The summed E-state index contributed by atoms with van der Waals surface area (Å²) in [5, 5.41) is 0. The van der Waals surface area contributed by atoms with E-state index in [1.807, 2.05) is 25.7 Å². The third-order valence-corrected chi connectivity index (χ3v) is 1.80. The minimum atomic E-state index is -0.0547. The zero-order chi connectivity index (χ0) is 8.48. The van der Waals surface area contributed by atoms with Gasteiger partial charge in [-0.3, -0.25) is 4.79 Å². The molecule has 11 heavy (non-hydrogen) atoms. The van der Waals surface area contributed by atoms with Gasteiger partial charge in [0.15, 0.2) is 0 Å². The van der Waals surface area contributed by atoms with Gasteiger partial charge < -0.3 is 9.64 Å². The Balaban J connectivity index is 2.62. The molecule has 0 bridgehead atoms. The monoisotopic (exact) mass is 157 g/mol. The Bertz CT molecular complexity index is 160. The minimum Gasteiger partial charge on any atom is -0.370 e. The first kappa shape index (κ1) is 8.53. The fourth-order valence-corrected chi connectivity index (χ4v) is 1.23. The largest absolute Gasteiger partial charge is 0.370 e. The summed E-state index contributed by atoms with van der Waals surface area (Å²) in [5.74, 6) is 0.101. The van der Waals surface area contributed by atoms with Crippen LogP contribution < -0.4 is 0 Å². The number of hydrogen-bond donors (Lipinski definition) is 0. The number of morpholine rings is 1. The van der Waals surface area contributed by atoms with Crippen LogP contribution in [0, 0.1) is 0 Å². The van der Waals surface area contributed by atoms with E-state index in [1.54, 1.807) is 0 Å². The molecule has 0 aromatic carbocycles. The van der Waals surface area contributed by atoms with Crippen molar-refractivity contribution in [2.75, 3.05) is 19.8 Å². The lowest BCUT2D eigenvalue weighted by Crippen LogP contribution is -2.51. The molecule has 0 saturated carbocycles. The van der Waals surface area contributed by atoms with Gasteiger partial charge in [0.05, 0.1) is 6.61 Å². The van der Waals surface area contributed by atoms with E-state index >= 15 is 0 Å². The summed E-state index contributed by atoms with van der Waals surface area (Å²) in [6, 6.07) is 0. The fourth-order valence-electron chi connectivity index (χ4n) is 1.23. The van der Waals surface area contributed by atoms with Gasteiger partial charge in [-0.15, -0.1) is 0 Å². The maximum atomic E-state index is 11.2. The van der Waals surface area contributed by atoms with Crippen molar-refractivity contribution < 1.29 is 9.53 Å². The zero-order valence-corrected chi connectivity index (χ0v) is 7.39. The molecule has 1 fully saturated rings. The Morgan fingerprint density at radius 1 is 1.45 bits per heavy atom. The number of carbonyl (C=O) groups is 1. The van der Waals surface area contributed by atoms with Crippen LogP contribution in [0.15, 0.2) is 0 Å². The summed E-state index contributed by atoms with van der Waals surface area (Å²) in [6.07, 6.45) is 0. The second-order valence-electron chi connectivity index (χ2n) is 3.77. The minimum absolute atomic E-state index is 0.0547. The number of ether oxygens (including phenoxy) is 1. The van der Waals surface area contributed by atoms with Crippen molar-refractivity contribution in [3.8, 4) is 0 Å². The van der Waals surface area contributed by atoms with Gasteiger partial charge in [-0.25, -0.2) is 0 Å². The molecule has 64 valence electrons. The SMILES string of the molecule is CC(C)(C)N1CCOCC1=O. The van der Waals surface area contributed by atoms with Gasteiger partial charge in [-0.1, -0.05) is 0 Å². The first-order valence-corrected chi connectivity index (χ1v) is 3.90. The lowest BCUT2D eigenvalue weighted by Gasteiger charge is -2.38. The van der Waals surface area contributed by atoms with Gasteiger partial charge >= 0.3 is 0 Å². The van der Waals surface area contributed by atoms with Gasteiger partial charge in [0.25, 0.3) is 0 Å². The van der Waals surface area contributed by atoms with E-state index in [0.717, 1.165) is 6.54 Å². The number of nitrogens with zero attached hydrogens (tertiary/aromatic N) is 1. The van der Waals surface area contributed by atoms with Crippen LogP contribution in [0.5, 0.6) is 0 Å². The molecule has 0 unspecified atom stereocenters. The lowest BCUT2D eigenvalue weighted by molar-refractivity contribution is -0.148. The zero-order valence-electron chi connectivity index (χ0n) is 7.39. The summed E-state index contributed by atoms with van der Waals surface area (Å²) < 4.78 is 5.02. The molecule has 1 rings (SSSR count). The van der Waals surface area contributed by atoms with Crippen molar-refractivity contribution in [2.45, 2.75) is 26.3 Å². The summed E-state index contributed by atoms with van der Waals surface area (Å²) in [4.78, 5) is 13.1. The molecule has 1 aliphatic rings. The maximum Gasteiger partial charge on any atom is 0.249 e. The Labute approximate surface area is 67.3 Å². The average Bonchev–Trinajstić information content (AvgIpc) is 1.86. The quantitative estimate of drug-likeness (QED) is 0.516. The topological polar surface area (TPSA) is 29.5 Å². The van der Waals surface area contributed by atoms with Crippen LogP contribution in [0.4, 0.5) is 0 Å². The number of amides is 1. The number of hydrogen-bond acceptors (Lipinski definition) is 2. The molecule has 0 aliphatic carbocycles. The van der Waals surface area contributed by atoms with Gasteiger partial charge in [-0.2, -0.15) is 0 Å². The molecule has 1 aliphatic heterocycles. The Morgan fingerprint density at radius 2 is 2.09 bits per heavy atom. The van der Waals surface area contributed by atoms with Gasteiger partial charge in [0, 0.05) is 12.1 Å². The van der Waals surface area contributed by atoms with Crippen molar-refractivity contribution in [1.82, 2.24) is 4.90 Å². The molecule has 1 amide bonds. The molecular formula is C8H15NO2.